The van der Waals surface area contributed by atoms with Crippen LogP contribution in [-0.4, -0.2) is 29.1 Å². The lowest BCUT2D eigenvalue weighted by Gasteiger charge is -2.14. The molecule has 0 saturated heterocycles. The third-order valence-corrected chi connectivity index (χ3v) is 9.48. The van der Waals surface area contributed by atoms with Crippen molar-refractivity contribution in [3.05, 3.63) is 170 Å². The molecule has 0 N–H and O–H groups in total. The molecule has 0 aliphatic heterocycles. The van der Waals surface area contributed by atoms with Crippen molar-refractivity contribution >= 4 is 43.6 Å². The molecule has 0 radical (unpaired) electrons. The molecule has 50 heavy (non-hydrogen) atoms. The summed E-state index contributed by atoms with van der Waals surface area (Å²) in [7, 11) is 0. The van der Waals surface area contributed by atoms with Crippen LogP contribution in [0.25, 0.3) is 89.2 Å². The summed E-state index contributed by atoms with van der Waals surface area (Å²) >= 11 is 0. The topological polar surface area (TPSA) is 61.4 Å². The molecule has 6 aromatic heterocycles. The van der Waals surface area contributed by atoms with Gasteiger partial charge in [-0.15, -0.1) is 0 Å². The second kappa shape index (κ2) is 11.4. The fourth-order valence-electron chi connectivity index (χ4n) is 7.34. The van der Waals surface area contributed by atoms with Crippen molar-refractivity contribution < 1.29 is 0 Å². The van der Waals surface area contributed by atoms with Crippen molar-refractivity contribution in [1.82, 2.24) is 29.1 Å². The number of benzene rings is 4. The van der Waals surface area contributed by atoms with Gasteiger partial charge in [-0.1, -0.05) is 84.9 Å². The minimum Gasteiger partial charge on any atom is -0.294 e. The molecular weight excluding hydrogens is 613 g/mol. The molecule has 10 aromatic rings. The highest BCUT2D eigenvalue weighted by Gasteiger charge is 2.19. The number of aromatic nitrogens is 6. The molecule has 0 fully saturated rings. The molecule has 0 unspecified atom stereocenters. The van der Waals surface area contributed by atoms with Crippen LogP contribution in [0, 0.1) is 0 Å². The van der Waals surface area contributed by atoms with Crippen LogP contribution >= 0.6 is 0 Å². The predicted octanol–water partition coefficient (Wildman–Crippen LogP) is 10.5. The number of rotatable bonds is 5. The zero-order chi connectivity index (χ0) is 33.0. The molecule has 0 atom stereocenters. The van der Waals surface area contributed by atoms with Gasteiger partial charge in [-0.05, 0) is 72.8 Å². The van der Waals surface area contributed by atoms with E-state index in [-0.39, 0.29) is 0 Å². The highest BCUT2D eigenvalue weighted by molar-refractivity contribution is 6.10. The fourth-order valence-corrected chi connectivity index (χ4v) is 7.34. The average Bonchev–Trinajstić information content (AvgIpc) is 3.71. The van der Waals surface area contributed by atoms with E-state index in [0.29, 0.717) is 0 Å². The van der Waals surface area contributed by atoms with Gasteiger partial charge in [0.15, 0.2) is 0 Å². The van der Waals surface area contributed by atoms with Crippen molar-refractivity contribution in [2.75, 3.05) is 0 Å². The maximum Gasteiger partial charge on any atom is 0.138 e. The van der Waals surface area contributed by atoms with Crippen LogP contribution in [0.3, 0.4) is 0 Å². The Labute approximate surface area is 287 Å². The van der Waals surface area contributed by atoms with Crippen LogP contribution in [0.5, 0.6) is 0 Å². The maximum absolute atomic E-state index is 5.26. The number of hydrogen-bond acceptors (Lipinski definition) is 4. The van der Waals surface area contributed by atoms with Crippen molar-refractivity contribution in [1.29, 1.82) is 0 Å². The molecule has 4 aromatic carbocycles. The number of para-hydroxylation sites is 4. The number of nitrogens with zero attached hydrogens (tertiary/aromatic N) is 6. The first-order valence-corrected chi connectivity index (χ1v) is 16.7. The van der Waals surface area contributed by atoms with E-state index in [2.05, 4.69) is 143 Å². The first kappa shape index (κ1) is 28.1. The summed E-state index contributed by atoms with van der Waals surface area (Å²) in [5.41, 5.74) is 9.39. The normalized spacial score (nSPS) is 11.6. The largest absolute Gasteiger partial charge is 0.294 e. The summed E-state index contributed by atoms with van der Waals surface area (Å²) < 4.78 is 4.47. The lowest BCUT2D eigenvalue weighted by atomic mass is 10.0. The van der Waals surface area contributed by atoms with Gasteiger partial charge < -0.3 is 0 Å². The van der Waals surface area contributed by atoms with E-state index in [0.717, 1.165) is 67.6 Å². The molecule has 10 rings (SSSR count). The molecule has 0 amide bonds. The predicted molar refractivity (Wildman–Crippen MR) is 203 cm³/mol. The van der Waals surface area contributed by atoms with Gasteiger partial charge in [0.25, 0.3) is 0 Å². The summed E-state index contributed by atoms with van der Waals surface area (Å²) in [4.78, 5) is 20.3. The lowest BCUT2D eigenvalue weighted by Crippen LogP contribution is -2.01. The minimum absolute atomic E-state index is 0.749. The Bertz CT molecular complexity index is 2590. The minimum atomic E-state index is 0.749. The zero-order valence-corrected chi connectivity index (χ0v) is 26.8. The van der Waals surface area contributed by atoms with Gasteiger partial charge in [0.2, 0.25) is 0 Å². The summed E-state index contributed by atoms with van der Waals surface area (Å²) in [5.74, 6) is 1.69. The molecule has 0 aliphatic carbocycles. The van der Waals surface area contributed by atoms with Crippen molar-refractivity contribution in [2.24, 2.45) is 0 Å². The van der Waals surface area contributed by atoms with Crippen molar-refractivity contribution in [3.8, 4) is 45.5 Å². The Morgan fingerprint density at radius 1 is 0.320 bits per heavy atom. The van der Waals surface area contributed by atoms with Crippen LogP contribution in [0.4, 0.5) is 0 Å². The summed E-state index contributed by atoms with van der Waals surface area (Å²) in [6.07, 6.45) is 3.63. The summed E-state index contributed by atoms with van der Waals surface area (Å²) in [6.45, 7) is 0. The van der Waals surface area contributed by atoms with Crippen LogP contribution in [0.15, 0.2) is 170 Å². The average molecular weight is 641 g/mol. The second-order valence-corrected chi connectivity index (χ2v) is 12.3. The smallest absolute Gasteiger partial charge is 0.138 e. The third-order valence-electron chi connectivity index (χ3n) is 9.48. The number of hydrogen-bond donors (Lipinski definition) is 0. The van der Waals surface area contributed by atoms with Gasteiger partial charge in [-0.25, -0.2) is 9.97 Å². The van der Waals surface area contributed by atoms with E-state index in [1.54, 1.807) is 0 Å². The standard InChI is InChI=1S/C44H28N6/c1-5-21-37-29(13-1)30-14-2-6-22-38(30)49(37)41-25-9-19-35(47-41)33-17-11-27-45-43(33)44-34(18-12-28-46-44)36-20-10-26-42(48-36)50-39-23-7-3-15-31(39)32-16-4-8-24-40(32)50/h1-28H. The third kappa shape index (κ3) is 4.36. The lowest BCUT2D eigenvalue weighted by molar-refractivity contribution is 1.08. The molecule has 0 spiro atoms. The molecule has 0 bridgehead atoms. The summed E-state index contributed by atoms with van der Waals surface area (Å²) in [6, 6.07) is 54.3. The van der Waals surface area contributed by atoms with Crippen LogP contribution in [-0.2, 0) is 0 Å². The van der Waals surface area contributed by atoms with Gasteiger partial charge in [-0.3, -0.25) is 19.1 Å². The van der Waals surface area contributed by atoms with Crippen LogP contribution in [0.2, 0.25) is 0 Å². The molecular formula is C44H28N6. The fraction of sp³-hybridized carbons (Fsp3) is 0. The highest BCUT2D eigenvalue weighted by atomic mass is 15.1. The van der Waals surface area contributed by atoms with E-state index in [4.69, 9.17) is 19.9 Å². The van der Waals surface area contributed by atoms with Gasteiger partial charge in [0.05, 0.1) is 44.8 Å². The quantitative estimate of drug-likeness (QED) is 0.188. The molecule has 6 nitrogen and oxygen atoms in total. The van der Waals surface area contributed by atoms with E-state index in [9.17, 15) is 0 Å². The Hall–Kier alpha value is -6.92. The van der Waals surface area contributed by atoms with Crippen LogP contribution in [0.1, 0.15) is 0 Å². The Morgan fingerprint density at radius 3 is 1.06 bits per heavy atom. The number of pyridine rings is 4. The van der Waals surface area contributed by atoms with Crippen molar-refractivity contribution in [2.45, 2.75) is 0 Å². The summed E-state index contributed by atoms with van der Waals surface area (Å²) in [5, 5.41) is 4.80. The Kier molecular flexibility index (Phi) is 6.39. The van der Waals surface area contributed by atoms with E-state index < -0.39 is 0 Å². The van der Waals surface area contributed by atoms with Gasteiger partial charge >= 0.3 is 0 Å². The molecule has 0 aliphatic rings. The van der Waals surface area contributed by atoms with E-state index in [1.807, 2.05) is 36.7 Å². The highest BCUT2D eigenvalue weighted by Crippen LogP contribution is 2.37. The van der Waals surface area contributed by atoms with Crippen LogP contribution < -0.4 is 0 Å². The van der Waals surface area contributed by atoms with Crippen molar-refractivity contribution in [3.63, 3.8) is 0 Å². The first-order chi connectivity index (χ1) is 24.8. The molecule has 234 valence electrons. The first-order valence-electron chi connectivity index (χ1n) is 16.7. The second-order valence-electron chi connectivity index (χ2n) is 12.3. The van der Waals surface area contributed by atoms with E-state index >= 15 is 0 Å². The van der Waals surface area contributed by atoms with E-state index in [1.165, 1.54) is 21.5 Å². The maximum atomic E-state index is 5.26. The monoisotopic (exact) mass is 640 g/mol. The number of fused-ring (bicyclic) bond motifs is 6. The zero-order valence-electron chi connectivity index (χ0n) is 26.8. The van der Waals surface area contributed by atoms with Gasteiger partial charge in [0.1, 0.15) is 11.6 Å². The molecule has 0 saturated carbocycles. The Balaban J connectivity index is 1.12. The molecule has 6 heterocycles. The Morgan fingerprint density at radius 2 is 0.680 bits per heavy atom. The van der Waals surface area contributed by atoms with Gasteiger partial charge in [0, 0.05) is 45.1 Å². The SMILES string of the molecule is c1cc(-c2cccnc2-c2ncccc2-c2cccc(-n3c4ccccc4c4ccccc43)n2)nc(-n2c3ccccc3c3ccccc32)c1. The molecule has 6 heteroatoms. The van der Waals surface area contributed by atoms with Gasteiger partial charge in [-0.2, -0.15) is 0 Å².